The molecular formula is C19H17BrFNO5S. The van der Waals surface area contributed by atoms with Crippen molar-refractivity contribution in [3.8, 4) is 5.75 Å². The molecule has 28 heavy (non-hydrogen) atoms. The minimum absolute atomic E-state index is 0.0355. The number of halogens is 2. The number of carbonyl (C=O) groups is 1. The Morgan fingerprint density at radius 2 is 2.11 bits per heavy atom. The first-order valence-electron chi connectivity index (χ1n) is 8.54. The highest BCUT2D eigenvalue weighted by atomic mass is 79.9. The van der Waals surface area contributed by atoms with E-state index in [0.717, 1.165) is 30.2 Å². The lowest BCUT2D eigenvalue weighted by Gasteiger charge is -2.26. The molecule has 1 aliphatic carbocycles. The minimum Gasteiger partial charge on any atom is -0.492 e. The van der Waals surface area contributed by atoms with Gasteiger partial charge in [0, 0.05) is 21.4 Å². The second kappa shape index (κ2) is 6.45. The van der Waals surface area contributed by atoms with Crippen molar-refractivity contribution < 1.29 is 27.1 Å². The van der Waals surface area contributed by atoms with E-state index in [9.17, 15) is 17.6 Å². The fourth-order valence-corrected chi connectivity index (χ4v) is 5.80. The topological polar surface area (TPSA) is 81.7 Å². The van der Waals surface area contributed by atoms with Gasteiger partial charge < -0.3 is 9.47 Å². The van der Waals surface area contributed by atoms with Crippen LogP contribution in [0.3, 0.4) is 0 Å². The number of esters is 1. The van der Waals surface area contributed by atoms with E-state index >= 15 is 0 Å². The Balaban J connectivity index is 1.81. The maximum atomic E-state index is 13.3. The molecule has 0 aromatic heterocycles. The van der Waals surface area contributed by atoms with E-state index in [0.29, 0.717) is 18.3 Å². The fraction of sp³-hybridized carbons (Fsp3) is 0.316. The molecule has 9 heteroatoms. The molecule has 4 rings (SSSR count). The number of anilines is 1. The molecule has 2 unspecified atom stereocenters. The van der Waals surface area contributed by atoms with Gasteiger partial charge in [0.25, 0.3) is 10.0 Å². The van der Waals surface area contributed by atoms with Crippen molar-refractivity contribution in [1.29, 1.82) is 0 Å². The third-order valence-electron chi connectivity index (χ3n) is 5.43. The number of carbonyl (C=O) groups excluding carboxylic acids is 1. The molecule has 0 bridgehead atoms. The van der Waals surface area contributed by atoms with E-state index < -0.39 is 21.8 Å². The van der Waals surface area contributed by atoms with Crippen LogP contribution < -0.4 is 9.46 Å². The molecular weight excluding hydrogens is 453 g/mol. The van der Waals surface area contributed by atoms with E-state index in [2.05, 4.69) is 27.6 Å². The summed E-state index contributed by atoms with van der Waals surface area (Å²) in [6.07, 6.45) is 0.953. The van der Waals surface area contributed by atoms with Gasteiger partial charge >= 0.3 is 5.97 Å². The lowest BCUT2D eigenvalue weighted by molar-refractivity contribution is 0.0595. The SMILES string of the molecule is COC(=O)c1c(NS(=O)(=O)c2ccc(F)cc2Br)ccc2c1OCC1CC21C. The standard InChI is InChI=1S/C19H17BrFNO5S/c1-19-8-10(19)9-27-17-12(19)4-5-14(16(17)18(23)26-2)22-28(24,25)15-6-3-11(21)7-13(15)20/h3-7,10,22H,8-9H2,1-2H3. The monoisotopic (exact) mass is 469 g/mol. The van der Waals surface area contributed by atoms with Crippen LogP contribution in [0.5, 0.6) is 5.75 Å². The molecule has 2 aliphatic rings. The summed E-state index contributed by atoms with van der Waals surface area (Å²) < 4.78 is 52.2. The van der Waals surface area contributed by atoms with E-state index in [1.165, 1.54) is 13.2 Å². The first-order valence-corrected chi connectivity index (χ1v) is 10.8. The van der Waals surface area contributed by atoms with Gasteiger partial charge in [0.1, 0.15) is 22.0 Å². The smallest absolute Gasteiger partial charge is 0.343 e. The lowest BCUT2D eigenvalue weighted by atomic mass is 9.90. The zero-order chi connectivity index (χ0) is 20.3. The van der Waals surface area contributed by atoms with Gasteiger partial charge in [0.15, 0.2) is 0 Å². The van der Waals surface area contributed by atoms with Gasteiger partial charge in [-0.15, -0.1) is 0 Å². The number of ether oxygens (including phenoxy) is 2. The summed E-state index contributed by atoms with van der Waals surface area (Å²) in [5.74, 6) is -0.532. The molecule has 1 saturated carbocycles. The Morgan fingerprint density at radius 3 is 2.79 bits per heavy atom. The molecule has 0 radical (unpaired) electrons. The van der Waals surface area contributed by atoms with Crippen molar-refractivity contribution in [2.75, 3.05) is 18.4 Å². The molecule has 0 amide bonds. The van der Waals surface area contributed by atoms with Crippen molar-refractivity contribution >= 4 is 37.6 Å². The Bertz CT molecular complexity index is 1100. The van der Waals surface area contributed by atoms with Gasteiger partial charge in [-0.3, -0.25) is 4.72 Å². The van der Waals surface area contributed by atoms with Crippen LogP contribution in [0, 0.1) is 11.7 Å². The number of benzene rings is 2. The summed E-state index contributed by atoms with van der Waals surface area (Å²) in [6, 6.07) is 6.56. The highest BCUT2D eigenvalue weighted by Crippen LogP contribution is 2.60. The summed E-state index contributed by atoms with van der Waals surface area (Å²) in [4.78, 5) is 12.3. The van der Waals surface area contributed by atoms with Crippen LogP contribution in [0.2, 0.25) is 0 Å². The minimum atomic E-state index is -4.10. The number of hydrogen-bond acceptors (Lipinski definition) is 5. The zero-order valence-electron chi connectivity index (χ0n) is 15.1. The number of fused-ring (bicyclic) bond motifs is 3. The summed E-state index contributed by atoms with van der Waals surface area (Å²) in [7, 11) is -2.87. The third-order valence-corrected chi connectivity index (χ3v) is 7.77. The average molecular weight is 470 g/mol. The molecule has 0 saturated heterocycles. The van der Waals surface area contributed by atoms with Crippen LogP contribution in [0.15, 0.2) is 39.7 Å². The summed E-state index contributed by atoms with van der Waals surface area (Å²) in [5, 5.41) is 0. The maximum Gasteiger partial charge on any atom is 0.343 e. The average Bonchev–Trinajstić information content (AvgIpc) is 3.32. The number of rotatable bonds is 4. The molecule has 2 atom stereocenters. The zero-order valence-corrected chi connectivity index (χ0v) is 17.5. The Labute approximate surface area is 170 Å². The number of methoxy groups -OCH3 is 1. The predicted molar refractivity (Wildman–Crippen MR) is 104 cm³/mol. The number of hydrogen-bond donors (Lipinski definition) is 1. The van der Waals surface area contributed by atoms with E-state index in [1.54, 1.807) is 6.07 Å². The van der Waals surface area contributed by atoms with Gasteiger partial charge in [-0.25, -0.2) is 17.6 Å². The number of sulfonamides is 1. The molecule has 1 aliphatic heterocycles. The Kier molecular flexibility index (Phi) is 4.42. The molecule has 2 aromatic rings. The van der Waals surface area contributed by atoms with Crippen molar-refractivity contribution in [3.05, 3.63) is 51.7 Å². The van der Waals surface area contributed by atoms with Crippen molar-refractivity contribution in [2.45, 2.75) is 23.7 Å². The summed E-state index contributed by atoms with van der Waals surface area (Å²) in [5.41, 5.74) is 0.876. The van der Waals surface area contributed by atoms with Gasteiger partial charge in [-0.1, -0.05) is 13.0 Å². The summed E-state index contributed by atoms with van der Waals surface area (Å²) in [6.45, 7) is 2.56. The van der Waals surface area contributed by atoms with Crippen LogP contribution in [0.4, 0.5) is 10.1 Å². The van der Waals surface area contributed by atoms with Gasteiger partial charge in [0.05, 0.1) is 19.4 Å². The van der Waals surface area contributed by atoms with Gasteiger partial charge in [-0.2, -0.15) is 0 Å². The Hall–Kier alpha value is -2.13. The quantitative estimate of drug-likeness (QED) is 0.687. The van der Waals surface area contributed by atoms with Gasteiger partial charge in [0.2, 0.25) is 0 Å². The highest BCUT2D eigenvalue weighted by Gasteiger charge is 2.56. The van der Waals surface area contributed by atoms with Gasteiger partial charge in [-0.05, 0) is 46.6 Å². The molecule has 0 spiro atoms. The third kappa shape index (κ3) is 2.97. The second-order valence-corrected chi connectivity index (χ2v) is 9.67. The summed E-state index contributed by atoms with van der Waals surface area (Å²) >= 11 is 3.06. The first kappa shape index (κ1) is 19.2. The van der Waals surface area contributed by atoms with E-state index in [-0.39, 0.29) is 26.0 Å². The lowest BCUT2D eigenvalue weighted by Crippen LogP contribution is -2.23. The van der Waals surface area contributed by atoms with Crippen molar-refractivity contribution in [2.24, 2.45) is 5.92 Å². The van der Waals surface area contributed by atoms with Crippen molar-refractivity contribution in [1.82, 2.24) is 0 Å². The molecule has 1 fully saturated rings. The number of nitrogens with one attached hydrogen (secondary N) is 1. The van der Waals surface area contributed by atoms with E-state index in [1.807, 2.05) is 0 Å². The highest BCUT2D eigenvalue weighted by molar-refractivity contribution is 9.10. The normalized spacial score (nSPS) is 22.5. The van der Waals surface area contributed by atoms with Crippen LogP contribution in [0.25, 0.3) is 0 Å². The van der Waals surface area contributed by atoms with Crippen LogP contribution in [-0.4, -0.2) is 28.1 Å². The van der Waals surface area contributed by atoms with Crippen LogP contribution >= 0.6 is 15.9 Å². The van der Waals surface area contributed by atoms with Crippen LogP contribution in [0.1, 0.15) is 29.3 Å². The molecule has 1 heterocycles. The Morgan fingerprint density at radius 1 is 1.36 bits per heavy atom. The van der Waals surface area contributed by atoms with E-state index in [4.69, 9.17) is 9.47 Å². The predicted octanol–water partition coefficient (Wildman–Crippen LogP) is 3.85. The molecule has 148 valence electrons. The fourth-order valence-electron chi connectivity index (χ4n) is 3.67. The maximum absolute atomic E-state index is 13.3. The molecule has 1 N–H and O–H groups in total. The molecule has 6 nitrogen and oxygen atoms in total. The van der Waals surface area contributed by atoms with Crippen LogP contribution in [-0.2, 0) is 20.2 Å². The van der Waals surface area contributed by atoms with Crippen molar-refractivity contribution in [3.63, 3.8) is 0 Å². The first-order chi connectivity index (χ1) is 13.2. The second-order valence-electron chi connectivity index (χ2n) is 7.17. The molecule has 2 aromatic carbocycles. The largest absolute Gasteiger partial charge is 0.492 e.